The Balaban J connectivity index is 1.84. The van der Waals surface area contributed by atoms with Gasteiger partial charge in [0.25, 0.3) is 0 Å². The van der Waals surface area contributed by atoms with Crippen molar-refractivity contribution in [3.63, 3.8) is 0 Å². The first kappa shape index (κ1) is 14.1. The van der Waals surface area contributed by atoms with Gasteiger partial charge in [-0.25, -0.2) is 0 Å². The summed E-state index contributed by atoms with van der Waals surface area (Å²) >= 11 is 1.67. The van der Waals surface area contributed by atoms with Crippen molar-refractivity contribution in [1.29, 1.82) is 0 Å². The first-order chi connectivity index (χ1) is 9.28. The van der Waals surface area contributed by atoms with Gasteiger partial charge in [0.15, 0.2) is 5.82 Å². The van der Waals surface area contributed by atoms with Gasteiger partial charge in [0.2, 0.25) is 5.89 Å². The van der Waals surface area contributed by atoms with Crippen molar-refractivity contribution in [2.45, 2.75) is 42.9 Å². The van der Waals surface area contributed by atoms with Crippen LogP contribution in [-0.2, 0) is 12.2 Å². The lowest BCUT2D eigenvalue weighted by molar-refractivity contribution is 0.151. The summed E-state index contributed by atoms with van der Waals surface area (Å²) in [5.74, 6) is 1.87. The maximum Gasteiger partial charge on any atom is 0.229 e. The molecule has 5 heteroatoms. The quantitative estimate of drug-likeness (QED) is 0.789. The van der Waals surface area contributed by atoms with Gasteiger partial charge in [-0.15, -0.1) is 11.8 Å². The van der Waals surface area contributed by atoms with Gasteiger partial charge >= 0.3 is 0 Å². The van der Waals surface area contributed by atoms with Gasteiger partial charge in [0, 0.05) is 4.90 Å². The summed E-state index contributed by atoms with van der Waals surface area (Å²) in [6.45, 7) is 2.04. The molecule has 1 aromatic carbocycles. The second kappa shape index (κ2) is 7.31. The molecule has 0 bridgehead atoms. The van der Waals surface area contributed by atoms with Crippen molar-refractivity contribution in [2.75, 3.05) is 0 Å². The van der Waals surface area contributed by atoms with Gasteiger partial charge in [0.05, 0.1) is 18.3 Å². The van der Waals surface area contributed by atoms with E-state index in [2.05, 4.69) is 22.3 Å². The molecule has 0 saturated carbocycles. The van der Waals surface area contributed by atoms with E-state index in [0.29, 0.717) is 23.9 Å². The third kappa shape index (κ3) is 4.69. The van der Waals surface area contributed by atoms with E-state index in [1.54, 1.807) is 11.8 Å². The molecule has 2 aromatic rings. The molecule has 0 aliphatic rings. The summed E-state index contributed by atoms with van der Waals surface area (Å²) in [5.41, 5.74) is 0. The second-order valence-corrected chi connectivity index (χ2v) is 5.40. The van der Waals surface area contributed by atoms with Crippen molar-refractivity contribution in [2.24, 2.45) is 0 Å². The molecule has 0 amide bonds. The number of rotatable bonds is 7. The van der Waals surface area contributed by atoms with Crippen molar-refractivity contribution in [3.8, 4) is 0 Å². The molecule has 4 nitrogen and oxygen atoms in total. The standard InChI is InChI=1S/C14H18N2O2S/c1-2-6-11(17)9-14-15-13(16-18-14)10-19-12-7-4-3-5-8-12/h3-5,7-8,11,17H,2,6,9-10H2,1H3. The molecule has 0 saturated heterocycles. The van der Waals surface area contributed by atoms with Crippen LogP contribution in [0.2, 0.25) is 0 Å². The first-order valence-corrected chi connectivity index (χ1v) is 7.44. The number of aromatic nitrogens is 2. The third-order valence-corrected chi connectivity index (χ3v) is 3.66. The number of hydrogen-bond acceptors (Lipinski definition) is 5. The number of thioether (sulfide) groups is 1. The predicted octanol–water partition coefficient (Wildman–Crippen LogP) is 3.07. The number of benzene rings is 1. The lowest BCUT2D eigenvalue weighted by Crippen LogP contribution is -2.09. The lowest BCUT2D eigenvalue weighted by atomic mass is 10.1. The first-order valence-electron chi connectivity index (χ1n) is 6.45. The van der Waals surface area contributed by atoms with E-state index in [4.69, 9.17) is 4.52 Å². The molecule has 19 heavy (non-hydrogen) atoms. The van der Waals surface area contributed by atoms with E-state index in [1.807, 2.05) is 25.1 Å². The maximum absolute atomic E-state index is 9.69. The zero-order valence-electron chi connectivity index (χ0n) is 11.0. The molecule has 0 aliphatic heterocycles. The van der Waals surface area contributed by atoms with Gasteiger partial charge in [-0.1, -0.05) is 36.7 Å². The number of hydrogen-bond donors (Lipinski definition) is 1. The fourth-order valence-electron chi connectivity index (χ4n) is 1.73. The highest BCUT2D eigenvalue weighted by atomic mass is 32.2. The third-order valence-electron chi connectivity index (χ3n) is 2.65. The highest BCUT2D eigenvalue weighted by Gasteiger charge is 2.11. The Labute approximate surface area is 117 Å². The van der Waals surface area contributed by atoms with Crippen molar-refractivity contribution in [1.82, 2.24) is 10.1 Å². The normalized spacial score (nSPS) is 12.5. The molecule has 0 radical (unpaired) electrons. The Morgan fingerprint density at radius 1 is 1.32 bits per heavy atom. The zero-order chi connectivity index (χ0) is 13.5. The second-order valence-electron chi connectivity index (χ2n) is 4.35. The molecule has 102 valence electrons. The van der Waals surface area contributed by atoms with Crippen LogP contribution in [0.3, 0.4) is 0 Å². The Bertz CT molecular complexity index is 487. The number of nitrogens with zero attached hydrogens (tertiary/aromatic N) is 2. The summed E-state index contributed by atoms with van der Waals surface area (Å²) in [5, 5.41) is 13.6. The smallest absolute Gasteiger partial charge is 0.229 e. The average molecular weight is 278 g/mol. The van der Waals surface area contributed by atoms with Crippen LogP contribution in [0.4, 0.5) is 0 Å². The van der Waals surface area contributed by atoms with E-state index in [1.165, 1.54) is 4.90 Å². The number of aliphatic hydroxyl groups excluding tert-OH is 1. The van der Waals surface area contributed by atoms with Gasteiger partial charge in [-0.2, -0.15) is 4.98 Å². The lowest BCUT2D eigenvalue weighted by Gasteiger charge is -2.03. The van der Waals surface area contributed by atoms with Crippen LogP contribution in [0.15, 0.2) is 39.8 Å². The summed E-state index contributed by atoms with van der Waals surface area (Å²) in [4.78, 5) is 5.47. The SMILES string of the molecule is CCCC(O)Cc1nc(CSc2ccccc2)no1. The predicted molar refractivity (Wildman–Crippen MR) is 74.9 cm³/mol. The van der Waals surface area contributed by atoms with Crippen LogP contribution < -0.4 is 0 Å². The fraction of sp³-hybridized carbons (Fsp3) is 0.429. The monoisotopic (exact) mass is 278 g/mol. The number of aliphatic hydroxyl groups is 1. The van der Waals surface area contributed by atoms with Gasteiger partial charge in [0.1, 0.15) is 0 Å². The highest BCUT2D eigenvalue weighted by molar-refractivity contribution is 7.98. The topological polar surface area (TPSA) is 59.2 Å². The average Bonchev–Trinajstić information content (AvgIpc) is 2.85. The molecular formula is C14H18N2O2S. The zero-order valence-corrected chi connectivity index (χ0v) is 11.8. The van der Waals surface area contributed by atoms with E-state index in [0.717, 1.165) is 12.8 Å². The minimum absolute atomic E-state index is 0.389. The summed E-state index contributed by atoms with van der Waals surface area (Å²) in [6.07, 6.45) is 1.76. The molecule has 0 fully saturated rings. The molecule has 1 aromatic heterocycles. The van der Waals surface area contributed by atoms with Crippen molar-refractivity contribution in [3.05, 3.63) is 42.0 Å². The Morgan fingerprint density at radius 2 is 2.11 bits per heavy atom. The molecule has 0 spiro atoms. The Morgan fingerprint density at radius 3 is 2.84 bits per heavy atom. The largest absolute Gasteiger partial charge is 0.393 e. The van der Waals surface area contributed by atoms with Crippen molar-refractivity contribution >= 4 is 11.8 Å². The van der Waals surface area contributed by atoms with Gasteiger partial charge < -0.3 is 9.63 Å². The fourth-order valence-corrected chi connectivity index (χ4v) is 2.50. The van der Waals surface area contributed by atoms with E-state index < -0.39 is 0 Å². The molecule has 1 N–H and O–H groups in total. The van der Waals surface area contributed by atoms with Crippen LogP contribution in [0.5, 0.6) is 0 Å². The Kier molecular flexibility index (Phi) is 5.42. The summed E-state index contributed by atoms with van der Waals surface area (Å²) in [7, 11) is 0. The minimum Gasteiger partial charge on any atom is -0.393 e. The van der Waals surface area contributed by atoms with Gasteiger partial charge in [-0.3, -0.25) is 0 Å². The highest BCUT2D eigenvalue weighted by Crippen LogP contribution is 2.21. The molecular weight excluding hydrogens is 260 g/mol. The van der Waals surface area contributed by atoms with Crippen LogP contribution >= 0.6 is 11.8 Å². The van der Waals surface area contributed by atoms with E-state index in [9.17, 15) is 5.11 Å². The van der Waals surface area contributed by atoms with Crippen LogP contribution in [0, 0.1) is 0 Å². The summed E-state index contributed by atoms with van der Waals surface area (Å²) in [6, 6.07) is 10.1. The van der Waals surface area contributed by atoms with Crippen LogP contribution in [0.25, 0.3) is 0 Å². The van der Waals surface area contributed by atoms with E-state index in [-0.39, 0.29) is 6.10 Å². The molecule has 1 heterocycles. The Hall–Kier alpha value is -1.33. The van der Waals surface area contributed by atoms with Gasteiger partial charge in [-0.05, 0) is 18.6 Å². The molecule has 2 rings (SSSR count). The molecule has 0 aliphatic carbocycles. The maximum atomic E-state index is 9.69. The molecule has 1 atom stereocenters. The van der Waals surface area contributed by atoms with Crippen molar-refractivity contribution < 1.29 is 9.63 Å². The van der Waals surface area contributed by atoms with E-state index >= 15 is 0 Å². The summed E-state index contributed by atoms with van der Waals surface area (Å²) < 4.78 is 5.14. The minimum atomic E-state index is -0.389. The van der Waals surface area contributed by atoms with Crippen LogP contribution in [-0.4, -0.2) is 21.4 Å². The van der Waals surface area contributed by atoms with Crippen LogP contribution in [0.1, 0.15) is 31.5 Å². The molecule has 1 unspecified atom stereocenters.